The Kier molecular flexibility index (Phi) is 5.97. The van der Waals surface area contributed by atoms with Crippen LogP contribution in [0.4, 0.5) is 8.78 Å². The monoisotopic (exact) mass is 308 g/mol. The minimum absolute atomic E-state index is 0.00930. The maximum Gasteiger partial charge on any atom is 0.200 e. The number of ether oxygens (including phenoxy) is 1. The fourth-order valence-electron chi connectivity index (χ4n) is 2.82. The van der Waals surface area contributed by atoms with Crippen LogP contribution >= 0.6 is 0 Å². The van der Waals surface area contributed by atoms with E-state index in [4.69, 9.17) is 4.74 Å². The molecule has 0 bridgehead atoms. The maximum atomic E-state index is 14.0. The van der Waals surface area contributed by atoms with Gasteiger partial charge in [0.1, 0.15) is 0 Å². The molecule has 1 aromatic rings. The Balaban J connectivity index is 1.92. The quantitative estimate of drug-likeness (QED) is 0.568. The van der Waals surface area contributed by atoms with E-state index in [2.05, 4.69) is 6.58 Å². The third-order valence-corrected chi connectivity index (χ3v) is 5.70. The van der Waals surface area contributed by atoms with Crippen LogP contribution in [0.25, 0.3) is 0 Å². The molecule has 0 amide bonds. The lowest BCUT2D eigenvalue weighted by molar-refractivity contribution is 0.314. The van der Waals surface area contributed by atoms with Gasteiger partial charge in [0, 0.05) is 0 Å². The number of benzene rings is 1. The Morgan fingerprint density at radius 3 is 2.57 bits per heavy atom. The molecular formula is C17H22F2OSi. The molecule has 1 aliphatic rings. The summed E-state index contributed by atoms with van der Waals surface area (Å²) in [5, 5.41) is 0.488. The highest BCUT2D eigenvalue weighted by Crippen LogP contribution is 2.31. The zero-order valence-electron chi connectivity index (χ0n) is 12.5. The smallest absolute Gasteiger partial charge is 0.200 e. The van der Waals surface area contributed by atoms with Gasteiger partial charge in [-0.25, -0.2) is 4.39 Å². The zero-order chi connectivity index (χ0) is 15.2. The van der Waals surface area contributed by atoms with Crippen LogP contribution in [0.1, 0.15) is 32.6 Å². The van der Waals surface area contributed by atoms with Gasteiger partial charge in [0.25, 0.3) is 0 Å². The van der Waals surface area contributed by atoms with Gasteiger partial charge in [0.05, 0.1) is 16.1 Å². The van der Waals surface area contributed by atoms with Gasteiger partial charge in [-0.05, 0) is 42.9 Å². The Hall–Kier alpha value is -1.16. The molecule has 1 aliphatic carbocycles. The van der Waals surface area contributed by atoms with Crippen molar-refractivity contribution in [2.24, 2.45) is 11.8 Å². The molecular weight excluding hydrogens is 286 g/mol. The third kappa shape index (κ3) is 4.16. The summed E-state index contributed by atoms with van der Waals surface area (Å²) in [5.74, 6) is -0.302. The van der Waals surface area contributed by atoms with Gasteiger partial charge in [-0.1, -0.05) is 31.0 Å². The molecule has 1 saturated carbocycles. The second-order valence-electron chi connectivity index (χ2n) is 5.57. The lowest BCUT2D eigenvalue weighted by Gasteiger charge is -2.26. The lowest BCUT2D eigenvalue weighted by atomic mass is 9.83. The van der Waals surface area contributed by atoms with Crippen LogP contribution in [0.15, 0.2) is 24.8 Å². The van der Waals surface area contributed by atoms with E-state index in [0.29, 0.717) is 33.1 Å². The number of rotatable bonds is 6. The molecule has 0 unspecified atom stereocenters. The molecule has 0 heterocycles. The topological polar surface area (TPSA) is 9.23 Å². The van der Waals surface area contributed by atoms with Crippen LogP contribution in [0.3, 0.4) is 0 Å². The molecule has 0 aliphatic heterocycles. The first-order valence-corrected chi connectivity index (χ1v) is 8.83. The van der Waals surface area contributed by atoms with E-state index in [9.17, 15) is 8.78 Å². The van der Waals surface area contributed by atoms with Crippen LogP contribution < -0.4 is 9.92 Å². The first-order valence-electron chi connectivity index (χ1n) is 7.62. The standard InChI is InChI=1S/C17H22F2OSi/c1-3-12-5-7-13(8-6-12)11-21-15-10-9-14(20-4-2)16(18)17(15)19/h3,9-10,12-13H,1,4-8,11H2,2H3. The fraction of sp³-hybridized carbons (Fsp3) is 0.529. The Morgan fingerprint density at radius 2 is 1.95 bits per heavy atom. The van der Waals surface area contributed by atoms with E-state index in [-0.39, 0.29) is 5.75 Å². The van der Waals surface area contributed by atoms with E-state index in [0.717, 1.165) is 6.04 Å². The van der Waals surface area contributed by atoms with Crippen LogP contribution in [-0.4, -0.2) is 16.1 Å². The molecule has 0 aromatic heterocycles. The van der Waals surface area contributed by atoms with E-state index >= 15 is 0 Å². The zero-order valence-corrected chi connectivity index (χ0v) is 13.5. The fourth-order valence-corrected chi connectivity index (χ4v) is 4.20. The summed E-state index contributed by atoms with van der Waals surface area (Å²) < 4.78 is 32.9. The summed E-state index contributed by atoms with van der Waals surface area (Å²) in [6.07, 6.45) is 6.74. The number of allylic oxidation sites excluding steroid dienone is 1. The van der Waals surface area contributed by atoms with Crippen molar-refractivity contribution in [3.63, 3.8) is 0 Å². The minimum Gasteiger partial charge on any atom is -0.491 e. The summed E-state index contributed by atoms with van der Waals surface area (Å²) in [7, 11) is 0.325. The Labute approximate surface area is 128 Å². The summed E-state index contributed by atoms with van der Waals surface area (Å²) >= 11 is 0. The largest absolute Gasteiger partial charge is 0.491 e. The number of hydrogen-bond donors (Lipinski definition) is 0. The predicted molar refractivity (Wildman–Crippen MR) is 83.4 cm³/mol. The highest BCUT2D eigenvalue weighted by Gasteiger charge is 2.21. The van der Waals surface area contributed by atoms with Crippen LogP contribution in [-0.2, 0) is 0 Å². The second kappa shape index (κ2) is 7.73. The first-order chi connectivity index (χ1) is 10.2. The van der Waals surface area contributed by atoms with Gasteiger partial charge in [0.15, 0.2) is 17.4 Å². The first kappa shape index (κ1) is 16.2. The van der Waals surface area contributed by atoms with Gasteiger partial charge in [-0.15, -0.1) is 6.58 Å². The molecule has 2 rings (SSSR count). The molecule has 0 spiro atoms. The SMILES string of the molecule is C=CC1CCC(C[Si]c2ccc(OCC)c(F)c2F)CC1. The van der Waals surface area contributed by atoms with Gasteiger partial charge < -0.3 is 4.74 Å². The Bertz CT molecular complexity index is 482. The average molecular weight is 308 g/mol. The highest BCUT2D eigenvalue weighted by molar-refractivity contribution is 6.53. The molecule has 1 aromatic carbocycles. The van der Waals surface area contributed by atoms with Crippen molar-refractivity contribution in [3.8, 4) is 5.75 Å². The van der Waals surface area contributed by atoms with Crippen molar-refractivity contribution in [3.05, 3.63) is 36.4 Å². The average Bonchev–Trinajstić information content (AvgIpc) is 2.52. The summed E-state index contributed by atoms with van der Waals surface area (Å²) in [6, 6.07) is 4.16. The normalized spacial score (nSPS) is 22.0. The number of hydrogen-bond acceptors (Lipinski definition) is 1. The van der Waals surface area contributed by atoms with Crippen molar-refractivity contribution >= 4 is 14.7 Å². The molecule has 114 valence electrons. The van der Waals surface area contributed by atoms with Crippen molar-refractivity contribution < 1.29 is 13.5 Å². The van der Waals surface area contributed by atoms with Crippen molar-refractivity contribution in [1.82, 2.24) is 0 Å². The van der Waals surface area contributed by atoms with Crippen molar-refractivity contribution in [2.45, 2.75) is 38.7 Å². The van der Waals surface area contributed by atoms with E-state index in [1.165, 1.54) is 25.7 Å². The van der Waals surface area contributed by atoms with E-state index in [1.54, 1.807) is 19.1 Å². The van der Waals surface area contributed by atoms with Gasteiger partial charge in [-0.2, -0.15) is 4.39 Å². The van der Waals surface area contributed by atoms with Gasteiger partial charge in [0.2, 0.25) is 0 Å². The molecule has 0 saturated heterocycles. The molecule has 0 atom stereocenters. The van der Waals surface area contributed by atoms with E-state index < -0.39 is 11.6 Å². The van der Waals surface area contributed by atoms with Crippen LogP contribution in [0, 0.1) is 23.5 Å². The molecule has 0 N–H and O–H groups in total. The lowest BCUT2D eigenvalue weighted by Crippen LogP contribution is -2.24. The molecule has 1 fully saturated rings. The molecule has 21 heavy (non-hydrogen) atoms. The maximum absolute atomic E-state index is 14.0. The van der Waals surface area contributed by atoms with Crippen LogP contribution in [0.5, 0.6) is 5.75 Å². The Morgan fingerprint density at radius 1 is 1.24 bits per heavy atom. The van der Waals surface area contributed by atoms with E-state index in [1.807, 2.05) is 6.08 Å². The summed E-state index contributed by atoms with van der Waals surface area (Å²) in [6.45, 7) is 5.94. The molecule has 4 heteroatoms. The van der Waals surface area contributed by atoms with Gasteiger partial charge in [-0.3, -0.25) is 0 Å². The molecule has 1 nitrogen and oxygen atoms in total. The van der Waals surface area contributed by atoms with Crippen molar-refractivity contribution in [1.29, 1.82) is 0 Å². The van der Waals surface area contributed by atoms with Crippen molar-refractivity contribution in [2.75, 3.05) is 6.61 Å². The summed E-state index contributed by atoms with van der Waals surface area (Å²) in [5.41, 5.74) is 0. The van der Waals surface area contributed by atoms with Gasteiger partial charge >= 0.3 is 0 Å². The number of halogens is 2. The summed E-state index contributed by atoms with van der Waals surface area (Å²) in [4.78, 5) is 0. The predicted octanol–water partition coefficient (Wildman–Crippen LogP) is 4.10. The highest BCUT2D eigenvalue weighted by atomic mass is 28.2. The second-order valence-corrected chi connectivity index (χ2v) is 6.87. The molecule has 2 radical (unpaired) electrons. The third-order valence-electron chi connectivity index (χ3n) is 4.15. The van der Waals surface area contributed by atoms with Crippen LogP contribution in [0.2, 0.25) is 6.04 Å². The minimum atomic E-state index is -0.850.